The molecule has 0 bridgehead atoms. The van der Waals surface area contributed by atoms with E-state index in [1.807, 2.05) is 6.92 Å². The zero-order chi connectivity index (χ0) is 35.5. The van der Waals surface area contributed by atoms with Crippen LogP contribution in [0.4, 0.5) is 18.0 Å². The van der Waals surface area contributed by atoms with Gasteiger partial charge < -0.3 is 14.8 Å². The Labute approximate surface area is 276 Å². The van der Waals surface area contributed by atoms with Crippen molar-refractivity contribution in [2.24, 2.45) is 5.28 Å². The van der Waals surface area contributed by atoms with E-state index in [4.69, 9.17) is 9.57 Å². The minimum Gasteiger partial charge on any atom is -0.569 e. The number of hydrogen-bond donors (Lipinski definition) is 1. The number of rotatable bonds is 11. The summed E-state index contributed by atoms with van der Waals surface area (Å²) in [7, 11) is -3.24. The van der Waals surface area contributed by atoms with Gasteiger partial charge in [-0.1, -0.05) is 42.0 Å². The van der Waals surface area contributed by atoms with Crippen molar-refractivity contribution in [1.82, 2.24) is 24.4 Å². The first-order valence-electron chi connectivity index (χ1n) is 14.2. The Kier molecular flexibility index (Phi) is 9.56. The molecule has 0 fully saturated rings. The lowest BCUT2D eigenvalue weighted by Crippen LogP contribution is -2.35. The molecule has 0 aliphatic carbocycles. The number of hydrogen-bond acceptors (Lipinski definition) is 10. The van der Waals surface area contributed by atoms with Gasteiger partial charge >= 0.3 is 12.3 Å². The number of nitrogens with one attached hydrogen (secondary N) is 1. The van der Waals surface area contributed by atoms with Crippen molar-refractivity contribution in [1.29, 1.82) is 0 Å². The molecular formula is C30H26F3N7O8S. The SMILES string of the molecule is Cc1ccc(-c2cc(C(F)(F)F)nn2-c2ccc(S(=O)(=O)NC(=O)OCCN(C)/[N+]([O-])=N\OCN3C(=O)c4ccccc4C3=O)cc2)cc1. The first-order valence-corrected chi connectivity index (χ1v) is 15.6. The number of aromatic nitrogens is 2. The predicted octanol–water partition coefficient (Wildman–Crippen LogP) is 4.28. The summed E-state index contributed by atoms with van der Waals surface area (Å²) in [5.74, 6) is -1.23. The number of carbonyl (C=O) groups is 3. The Balaban J connectivity index is 1.14. The second-order valence-electron chi connectivity index (χ2n) is 10.5. The van der Waals surface area contributed by atoms with Gasteiger partial charge in [-0.3, -0.25) is 9.59 Å². The van der Waals surface area contributed by atoms with E-state index >= 15 is 0 Å². The van der Waals surface area contributed by atoms with Crippen molar-refractivity contribution in [3.05, 3.63) is 106 Å². The number of amides is 3. The van der Waals surface area contributed by atoms with Crippen LogP contribution in [0.25, 0.3) is 16.9 Å². The van der Waals surface area contributed by atoms with Gasteiger partial charge in [-0.15, -0.1) is 5.01 Å². The van der Waals surface area contributed by atoms with Gasteiger partial charge in [0.05, 0.1) is 39.4 Å². The molecule has 19 heteroatoms. The molecule has 1 N–H and O–H groups in total. The third kappa shape index (κ3) is 7.61. The number of likely N-dealkylation sites (N-methyl/N-ethyl adjacent to an activating group) is 1. The molecule has 3 aromatic carbocycles. The number of carbonyl (C=O) groups excluding carboxylic acids is 3. The van der Waals surface area contributed by atoms with Crippen LogP contribution < -0.4 is 4.72 Å². The molecule has 0 atom stereocenters. The number of halogens is 3. The van der Waals surface area contributed by atoms with Crippen LogP contribution in [0.15, 0.2) is 89.0 Å². The summed E-state index contributed by atoms with van der Waals surface area (Å²) in [5.41, 5.74) is 0.813. The number of fused-ring (bicyclic) bond motifs is 1. The molecular weight excluding hydrogens is 675 g/mol. The number of aryl methyl sites for hydroxylation is 1. The zero-order valence-electron chi connectivity index (χ0n) is 25.6. The third-order valence-corrected chi connectivity index (χ3v) is 8.42. The lowest BCUT2D eigenvalue weighted by molar-refractivity contribution is -0.706. The largest absolute Gasteiger partial charge is 0.569 e. The van der Waals surface area contributed by atoms with Crippen LogP contribution in [0.2, 0.25) is 0 Å². The van der Waals surface area contributed by atoms with Crippen molar-refractivity contribution in [2.45, 2.75) is 18.0 Å². The first kappa shape index (κ1) is 34.4. The van der Waals surface area contributed by atoms with E-state index in [2.05, 4.69) is 10.4 Å². The van der Waals surface area contributed by atoms with Crippen molar-refractivity contribution in [3.8, 4) is 16.9 Å². The van der Waals surface area contributed by atoms with Gasteiger partial charge in [0.2, 0.25) is 12.0 Å². The maximum atomic E-state index is 13.5. The minimum absolute atomic E-state index is 0.0424. The highest BCUT2D eigenvalue weighted by atomic mass is 32.2. The molecule has 256 valence electrons. The fourth-order valence-corrected chi connectivity index (χ4v) is 5.41. The van der Waals surface area contributed by atoms with Crippen molar-refractivity contribution >= 4 is 27.9 Å². The Morgan fingerprint density at radius 3 is 2.22 bits per heavy atom. The lowest BCUT2D eigenvalue weighted by Gasteiger charge is -2.14. The molecule has 5 rings (SSSR count). The van der Waals surface area contributed by atoms with Gasteiger partial charge in [-0.05, 0) is 49.4 Å². The normalized spacial score (nSPS) is 13.3. The van der Waals surface area contributed by atoms with Gasteiger partial charge in [0, 0.05) is 5.56 Å². The summed E-state index contributed by atoms with van der Waals surface area (Å²) in [6.45, 7) is 0.426. The monoisotopic (exact) mass is 701 g/mol. The van der Waals surface area contributed by atoms with Crippen LogP contribution in [0.1, 0.15) is 32.0 Å². The van der Waals surface area contributed by atoms with Crippen LogP contribution in [-0.2, 0) is 25.8 Å². The van der Waals surface area contributed by atoms with Crippen LogP contribution in [-0.4, -0.2) is 77.9 Å². The van der Waals surface area contributed by atoms with E-state index in [0.29, 0.717) is 5.56 Å². The van der Waals surface area contributed by atoms with Crippen LogP contribution in [0.5, 0.6) is 0 Å². The summed E-state index contributed by atoms with van der Waals surface area (Å²) >= 11 is 0. The highest BCUT2D eigenvalue weighted by Crippen LogP contribution is 2.33. The molecule has 0 saturated heterocycles. The average Bonchev–Trinajstić information content (AvgIpc) is 3.61. The smallest absolute Gasteiger partial charge is 0.435 e. The standard InChI is InChI=1S/C30H26F3N7O8S/c1-19-7-9-20(10-8-19)25-17-26(30(31,32)33)34-39(25)21-11-13-22(14-12-21)49(45,46)35-29(43)47-16-15-37(2)40(44)36-48-18-38-27(41)23-5-3-4-6-24(23)28(38)42/h3-14,17H,15-16,18H2,1-2H3,(H,35,43)/b40-36+. The lowest BCUT2D eigenvalue weighted by atomic mass is 10.1. The quantitative estimate of drug-likeness (QED) is 0.103. The zero-order valence-corrected chi connectivity index (χ0v) is 26.4. The summed E-state index contributed by atoms with van der Waals surface area (Å²) in [6, 6.07) is 18.3. The predicted molar refractivity (Wildman–Crippen MR) is 162 cm³/mol. The molecule has 0 saturated carbocycles. The van der Waals surface area contributed by atoms with E-state index < -0.39 is 58.0 Å². The molecule has 1 aliphatic rings. The number of hydrazine groups is 1. The second-order valence-corrected chi connectivity index (χ2v) is 12.2. The molecule has 2 heterocycles. The van der Waals surface area contributed by atoms with E-state index in [1.165, 1.54) is 31.3 Å². The maximum Gasteiger partial charge on any atom is 0.435 e. The van der Waals surface area contributed by atoms with Crippen LogP contribution >= 0.6 is 0 Å². The van der Waals surface area contributed by atoms with Gasteiger partial charge in [0.15, 0.2) is 5.69 Å². The highest BCUT2D eigenvalue weighted by Gasteiger charge is 2.36. The second kappa shape index (κ2) is 13.6. The van der Waals surface area contributed by atoms with Gasteiger partial charge in [0.25, 0.3) is 21.8 Å². The first-order chi connectivity index (χ1) is 23.2. The number of imide groups is 1. The third-order valence-electron chi connectivity index (χ3n) is 7.09. The Morgan fingerprint density at radius 1 is 1.02 bits per heavy atom. The van der Waals surface area contributed by atoms with E-state index in [1.54, 1.807) is 41.1 Å². The average molecular weight is 702 g/mol. The Hall–Kier alpha value is -5.98. The summed E-state index contributed by atoms with van der Waals surface area (Å²) in [5, 5.41) is 19.9. The minimum atomic E-state index is -4.73. The summed E-state index contributed by atoms with van der Waals surface area (Å²) in [6.07, 6.45) is -6.11. The fraction of sp³-hybridized carbons (Fsp3) is 0.200. The number of ether oxygens (including phenoxy) is 1. The summed E-state index contributed by atoms with van der Waals surface area (Å²) < 4.78 is 73.6. The fourth-order valence-electron chi connectivity index (χ4n) is 4.52. The number of nitrogens with zero attached hydrogens (tertiary/aromatic N) is 6. The molecule has 1 aliphatic heterocycles. The number of alkyl halides is 3. The number of benzene rings is 3. The van der Waals surface area contributed by atoms with Crippen molar-refractivity contribution in [3.63, 3.8) is 0 Å². The molecule has 49 heavy (non-hydrogen) atoms. The maximum absolute atomic E-state index is 13.5. The van der Waals surface area contributed by atoms with E-state index in [-0.39, 0.29) is 34.0 Å². The van der Waals surface area contributed by atoms with E-state index in [9.17, 15) is 41.2 Å². The summed E-state index contributed by atoms with van der Waals surface area (Å²) in [4.78, 5) is 42.0. The van der Waals surface area contributed by atoms with Gasteiger partial charge in [-0.25, -0.2) is 27.5 Å². The molecule has 0 spiro atoms. The molecule has 3 amide bonds. The van der Waals surface area contributed by atoms with Crippen LogP contribution in [0, 0.1) is 12.1 Å². The van der Waals surface area contributed by atoms with Gasteiger partial charge in [0.1, 0.15) is 13.2 Å². The van der Waals surface area contributed by atoms with E-state index in [0.717, 1.165) is 38.4 Å². The Bertz CT molecular complexity index is 2000. The number of sulfonamides is 1. The molecule has 1 aromatic heterocycles. The molecule has 0 radical (unpaired) electrons. The van der Waals surface area contributed by atoms with Gasteiger partial charge in [-0.2, -0.15) is 18.3 Å². The Morgan fingerprint density at radius 2 is 1.63 bits per heavy atom. The van der Waals surface area contributed by atoms with Crippen molar-refractivity contribution < 1.29 is 50.5 Å². The molecule has 0 unspecified atom stereocenters. The molecule has 4 aromatic rings. The molecule has 15 nitrogen and oxygen atoms in total. The topological polar surface area (TPSA) is 179 Å². The van der Waals surface area contributed by atoms with Crippen molar-refractivity contribution in [2.75, 3.05) is 26.9 Å². The van der Waals surface area contributed by atoms with Crippen LogP contribution in [0.3, 0.4) is 0 Å². The highest BCUT2D eigenvalue weighted by molar-refractivity contribution is 7.90.